The lowest BCUT2D eigenvalue weighted by Crippen LogP contribution is -2.11. The first-order chi connectivity index (χ1) is 28.3. The molecule has 0 N–H and O–H groups in total. The maximum absolute atomic E-state index is 6.51. The lowest BCUT2D eigenvalue weighted by molar-refractivity contribution is 0.620. The molecule has 266 valence electrons. The summed E-state index contributed by atoms with van der Waals surface area (Å²) in [5.41, 5.74) is 8.24. The van der Waals surface area contributed by atoms with E-state index in [0.717, 1.165) is 44.5 Å². The van der Waals surface area contributed by atoms with Crippen molar-refractivity contribution in [1.82, 2.24) is 4.98 Å². The van der Waals surface area contributed by atoms with Gasteiger partial charge in [-0.05, 0) is 98.0 Å². The van der Waals surface area contributed by atoms with Crippen LogP contribution < -0.4 is 4.90 Å². The average molecular weight is 745 g/mol. The Morgan fingerprint density at radius 1 is 0.421 bits per heavy atom. The summed E-state index contributed by atoms with van der Waals surface area (Å²) < 4.78 is 9.00. The van der Waals surface area contributed by atoms with Gasteiger partial charge in [0.15, 0.2) is 5.58 Å². The van der Waals surface area contributed by atoms with Gasteiger partial charge in [-0.3, -0.25) is 0 Å². The number of anilines is 3. The average Bonchev–Trinajstić information content (AvgIpc) is 3.89. The van der Waals surface area contributed by atoms with E-state index in [1.54, 1.807) is 0 Å². The van der Waals surface area contributed by atoms with E-state index in [1.165, 1.54) is 63.6 Å². The van der Waals surface area contributed by atoms with Crippen molar-refractivity contribution in [1.29, 1.82) is 0 Å². The molecule has 0 saturated carbocycles. The predicted molar refractivity (Wildman–Crippen MR) is 242 cm³/mol. The zero-order valence-corrected chi connectivity index (χ0v) is 31.5. The van der Waals surface area contributed by atoms with Crippen molar-refractivity contribution < 1.29 is 4.42 Å². The number of fused-ring (bicyclic) bond motifs is 12. The third kappa shape index (κ3) is 5.01. The Bertz CT molecular complexity index is 3460. The van der Waals surface area contributed by atoms with Crippen LogP contribution in [0.3, 0.4) is 0 Å². The van der Waals surface area contributed by atoms with Gasteiger partial charge in [-0.2, -0.15) is 0 Å². The van der Waals surface area contributed by atoms with Gasteiger partial charge in [-0.1, -0.05) is 140 Å². The highest BCUT2D eigenvalue weighted by molar-refractivity contribution is 7.26. The van der Waals surface area contributed by atoms with Crippen molar-refractivity contribution in [3.63, 3.8) is 0 Å². The third-order valence-electron chi connectivity index (χ3n) is 11.5. The van der Waals surface area contributed by atoms with E-state index < -0.39 is 0 Å². The Hall–Kier alpha value is -7.27. The lowest BCUT2D eigenvalue weighted by atomic mass is 9.93. The minimum Gasteiger partial charge on any atom is -0.436 e. The van der Waals surface area contributed by atoms with E-state index in [9.17, 15) is 0 Å². The molecule has 12 rings (SSSR count). The maximum Gasteiger partial charge on any atom is 0.227 e. The summed E-state index contributed by atoms with van der Waals surface area (Å²) in [7, 11) is 0. The second-order valence-corrected chi connectivity index (χ2v) is 15.7. The smallest absolute Gasteiger partial charge is 0.227 e. The second kappa shape index (κ2) is 12.6. The summed E-state index contributed by atoms with van der Waals surface area (Å²) >= 11 is 1.83. The Morgan fingerprint density at radius 2 is 1.00 bits per heavy atom. The van der Waals surface area contributed by atoms with E-state index in [0.29, 0.717) is 5.89 Å². The molecule has 0 unspecified atom stereocenters. The van der Waals surface area contributed by atoms with Gasteiger partial charge in [0.1, 0.15) is 5.52 Å². The van der Waals surface area contributed by atoms with Gasteiger partial charge in [0.25, 0.3) is 0 Å². The number of nitrogens with zero attached hydrogens (tertiary/aromatic N) is 2. The first-order valence-corrected chi connectivity index (χ1v) is 20.1. The molecule has 0 radical (unpaired) electrons. The Morgan fingerprint density at radius 3 is 1.75 bits per heavy atom. The molecule has 3 nitrogen and oxygen atoms in total. The topological polar surface area (TPSA) is 29.3 Å². The summed E-state index contributed by atoms with van der Waals surface area (Å²) in [6.45, 7) is 0. The summed E-state index contributed by atoms with van der Waals surface area (Å²) in [6, 6.07) is 69.9. The molecule has 57 heavy (non-hydrogen) atoms. The second-order valence-electron chi connectivity index (χ2n) is 14.7. The molecular formula is C53H32N2OS. The normalized spacial score (nSPS) is 11.9. The van der Waals surface area contributed by atoms with Crippen LogP contribution in [0.2, 0.25) is 0 Å². The van der Waals surface area contributed by atoms with Crippen LogP contribution in [-0.4, -0.2) is 4.98 Å². The highest BCUT2D eigenvalue weighted by Crippen LogP contribution is 2.49. The Balaban J connectivity index is 1.16. The van der Waals surface area contributed by atoms with E-state index in [2.05, 4.69) is 175 Å². The summed E-state index contributed by atoms with van der Waals surface area (Å²) in [4.78, 5) is 7.46. The van der Waals surface area contributed by atoms with Gasteiger partial charge >= 0.3 is 0 Å². The molecule has 0 saturated heterocycles. The van der Waals surface area contributed by atoms with Gasteiger partial charge in [0, 0.05) is 47.9 Å². The Labute approximate surface area is 332 Å². The number of benzene rings is 10. The Kier molecular flexibility index (Phi) is 7.10. The number of thiophene rings is 1. The molecular weight excluding hydrogens is 713 g/mol. The van der Waals surface area contributed by atoms with Gasteiger partial charge in [-0.25, -0.2) is 4.98 Å². The fourth-order valence-corrected chi connectivity index (χ4v) is 10.1. The first kappa shape index (κ1) is 32.0. The van der Waals surface area contributed by atoms with Crippen LogP contribution in [0.5, 0.6) is 0 Å². The first-order valence-electron chi connectivity index (χ1n) is 19.3. The molecule has 0 spiro atoms. The van der Waals surface area contributed by atoms with Gasteiger partial charge in [0.2, 0.25) is 5.89 Å². The molecule has 0 aliphatic heterocycles. The van der Waals surface area contributed by atoms with Crippen LogP contribution in [0.15, 0.2) is 199 Å². The lowest BCUT2D eigenvalue weighted by Gasteiger charge is -2.28. The molecule has 0 bridgehead atoms. The van der Waals surface area contributed by atoms with Gasteiger partial charge in [-0.15, -0.1) is 11.3 Å². The fourth-order valence-electron chi connectivity index (χ4n) is 8.86. The number of rotatable bonds is 5. The highest BCUT2D eigenvalue weighted by atomic mass is 32.1. The van der Waals surface area contributed by atoms with E-state index >= 15 is 0 Å². The van der Waals surface area contributed by atoms with Crippen LogP contribution in [0.4, 0.5) is 17.1 Å². The van der Waals surface area contributed by atoms with Crippen molar-refractivity contribution in [2.45, 2.75) is 0 Å². The number of hydrogen-bond donors (Lipinski definition) is 0. The van der Waals surface area contributed by atoms with Crippen molar-refractivity contribution in [3.8, 4) is 22.6 Å². The molecule has 2 aromatic heterocycles. The molecule has 0 amide bonds. The molecule has 0 aliphatic carbocycles. The van der Waals surface area contributed by atoms with Crippen LogP contribution >= 0.6 is 11.3 Å². The number of oxazole rings is 1. The van der Waals surface area contributed by atoms with Crippen molar-refractivity contribution >= 4 is 103 Å². The summed E-state index contributed by atoms with van der Waals surface area (Å²) in [6.07, 6.45) is 0. The quantitative estimate of drug-likeness (QED) is 0.164. The van der Waals surface area contributed by atoms with Crippen molar-refractivity contribution in [2.24, 2.45) is 0 Å². The fraction of sp³-hybridized carbons (Fsp3) is 0. The minimum atomic E-state index is 0.625. The van der Waals surface area contributed by atoms with E-state index in [4.69, 9.17) is 9.40 Å². The number of para-hydroxylation sites is 2. The number of hydrogen-bond acceptors (Lipinski definition) is 4. The monoisotopic (exact) mass is 744 g/mol. The maximum atomic E-state index is 6.51. The predicted octanol–water partition coefficient (Wildman–Crippen LogP) is 15.6. The largest absolute Gasteiger partial charge is 0.436 e. The molecule has 12 aromatic rings. The molecule has 2 heterocycles. The SMILES string of the molecule is c1ccc(-c2ccc(N(c3ccc4c5ccccc5c5ccccc5c4c3)c3ccc(-c4nc5ccccc5o4)c4c3ccc3c5ccccc5sc34)cc2)cc1. The van der Waals surface area contributed by atoms with E-state index in [-0.39, 0.29) is 0 Å². The van der Waals surface area contributed by atoms with Crippen molar-refractivity contribution in [2.75, 3.05) is 4.90 Å². The molecule has 0 fully saturated rings. The molecule has 0 atom stereocenters. The summed E-state index contributed by atoms with van der Waals surface area (Å²) in [5, 5.41) is 12.3. The van der Waals surface area contributed by atoms with E-state index in [1.807, 2.05) is 35.6 Å². The summed E-state index contributed by atoms with van der Waals surface area (Å²) in [5.74, 6) is 0.625. The van der Waals surface area contributed by atoms with Crippen LogP contribution in [0.25, 0.3) is 96.9 Å². The zero-order chi connectivity index (χ0) is 37.5. The van der Waals surface area contributed by atoms with Gasteiger partial charge in [0.05, 0.1) is 5.69 Å². The van der Waals surface area contributed by atoms with Crippen LogP contribution in [0, 0.1) is 0 Å². The van der Waals surface area contributed by atoms with Gasteiger partial charge < -0.3 is 9.32 Å². The van der Waals surface area contributed by atoms with Crippen molar-refractivity contribution in [3.05, 3.63) is 194 Å². The van der Waals surface area contributed by atoms with Crippen LogP contribution in [0.1, 0.15) is 0 Å². The third-order valence-corrected chi connectivity index (χ3v) is 12.7. The minimum absolute atomic E-state index is 0.625. The highest BCUT2D eigenvalue weighted by Gasteiger charge is 2.23. The standard InChI is InChI=1S/C53H32N2OS/c1-2-12-33(13-3-1)34-22-24-35(25-23-34)55(36-26-27-41-39-16-5-4-14-37(39)38-15-6-7-17-40(38)46(41)32-36)48-31-30-45(53-54-47-19-9-10-20-49(47)56-53)51-44(48)29-28-43-42-18-8-11-21-50(42)57-52(43)51/h1-32H. The zero-order valence-electron chi connectivity index (χ0n) is 30.7. The molecule has 10 aromatic carbocycles. The molecule has 4 heteroatoms. The number of aromatic nitrogens is 1. The molecule has 0 aliphatic rings. The van der Waals surface area contributed by atoms with Crippen LogP contribution in [-0.2, 0) is 0 Å².